The molecule has 4 nitrogen and oxygen atoms in total. The molecule has 0 radical (unpaired) electrons. The number of para-hydroxylation sites is 1. The van der Waals surface area contributed by atoms with Crippen molar-refractivity contribution in [2.75, 3.05) is 38.1 Å². The lowest BCUT2D eigenvalue weighted by atomic mass is 10.1. The molecule has 0 saturated carbocycles. The largest absolute Gasteiger partial charge is 0.371 e. The van der Waals surface area contributed by atoms with E-state index < -0.39 is 0 Å². The summed E-state index contributed by atoms with van der Waals surface area (Å²) >= 11 is 0. The molecule has 2 aromatic rings. The quantitative estimate of drug-likeness (QED) is 0.830. The summed E-state index contributed by atoms with van der Waals surface area (Å²) in [6, 6.07) is 19.1. The molecular formula is C22H27N3O. The molecule has 26 heavy (non-hydrogen) atoms. The van der Waals surface area contributed by atoms with E-state index in [0.29, 0.717) is 12.5 Å². The van der Waals surface area contributed by atoms with E-state index >= 15 is 0 Å². The van der Waals surface area contributed by atoms with Gasteiger partial charge in [0.2, 0.25) is 5.91 Å². The van der Waals surface area contributed by atoms with Gasteiger partial charge in [-0.3, -0.25) is 9.69 Å². The topological polar surface area (TPSA) is 26.8 Å². The van der Waals surface area contributed by atoms with Crippen LogP contribution in [0.1, 0.15) is 17.5 Å². The van der Waals surface area contributed by atoms with Crippen molar-refractivity contribution in [3.8, 4) is 0 Å². The monoisotopic (exact) mass is 349 g/mol. The van der Waals surface area contributed by atoms with Gasteiger partial charge >= 0.3 is 0 Å². The molecule has 0 spiro atoms. The summed E-state index contributed by atoms with van der Waals surface area (Å²) < 4.78 is 0. The van der Waals surface area contributed by atoms with E-state index in [-0.39, 0.29) is 5.91 Å². The standard InChI is InChI=1S/C22H27N3O/c1-23(13-18-11-12-25(14-18)21-9-3-2-4-10-21)22(26)17-24-15-19-7-5-6-8-20(19)16-24/h2-10,18H,11-17H2,1H3/t18-/m1/s1. The minimum atomic E-state index is 0.232. The number of nitrogens with zero attached hydrogens (tertiary/aromatic N) is 3. The number of likely N-dealkylation sites (N-methyl/N-ethyl adjacent to an activating group) is 1. The van der Waals surface area contributed by atoms with E-state index in [4.69, 9.17) is 0 Å². The van der Waals surface area contributed by atoms with Crippen molar-refractivity contribution < 1.29 is 4.79 Å². The molecular weight excluding hydrogens is 322 g/mol. The zero-order valence-corrected chi connectivity index (χ0v) is 15.5. The highest BCUT2D eigenvalue weighted by Gasteiger charge is 2.26. The summed E-state index contributed by atoms with van der Waals surface area (Å²) in [5.41, 5.74) is 4.01. The van der Waals surface area contributed by atoms with Gasteiger partial charge in [-0.25, -0.2) is 0 Å². The maximum absolute atomic E-state index is 12.7. The van der Waals surface area contributed by atoms with Crippen LogP contribution < -0.4 is 4.90 Å². The summed E-state index contributed by atoms with van der Waals surface area (Å²) in [5.74, 6) is 0.788. The van der Waals surface area contributed by atoms with Crippen LogP contribution in [0.25, 0.3) is 0 Å². The Hall–Kier alpha value is -2.33. The number of hydrogen-bond acceptors (Lipinski definition) is 3. The Bertz CT molecular complexity index is 736. The zero-order chi connectivity index (χ0) is 17.9. The third-order valence-corrected chi connectivity index (χ3v) is 5.63. The van der Waals surface area contributed by atoms with Gasteiger partial charge in [0.1, 0.15) is 0 Å². The number of benzene rings is 2. The van der Waals surface area contributed by atoms with Crippen molar-refractivity contribution >= 4 is 11.6 Å². The second-order valence-electron chi connectivity index (χ2n) is 7.62. The van der Waals surface area contributed by atoms with Gasteiger partial charge in [-0.2, -0.15) is 0 Å². The summed E-state index contributed by atoms with van der Waals surface area (Å²) in [7, 11) is 1.96. The van der Waals surface area contributed by atoms with Gasteiger partial charge in [0.15, 0.2) is 0 Å². The van der Waals surface area contributed by atoms with Crippen LogP contribution in [0.15, 0.2) is 54.6 Å². The van der Waals surface area contributed by atoms with Gasteiger partial charge in [0, 0.05) is 45.5 Å². The zero-order valence-electron chi connectivity index (χ0n) is 15.5. The lowest BCUT2D eigenvalue weighted by Gasteiger charge is -2.24. The second-order valence-corrected chi connectivity index (χ2v) is 7.62. The summed E-state index contributed by atoms with van der Waals surface area (Å²) in [6.45, 7) is 5.26. The smallest absolute Gasteiger partial charge is 0.236 e. The first-order valence-corrected chi connectivity index (χ1v) is 9.52. The number of hydrogen-bond donors (Lipinski definition) is 0. The third-order valence-electron chi connectivity index (χ3n) is 5.63. The number of carbonyl (C=O) groups excluding carboxylic acids is 1. The Balaban J connectivity index is 1.26. The van der Waals surface area contributed by atoms with Crippen LogP contribution in [0.3, 0.4) is 0 Å². The molecule has 1 fully saturated rings. The number of amides is 1. The minimum Gasteiger partial charge on any atom is -0.371 e. The Morgan fingerprint density at radius 3 is 2.38 bits per heavy atom. The molecule has 0 N–H and O–H groups in total. The molecule has 0 unspecified atom stereocenters. The van der Waals surface area contributed by atoms with E-state index in [0.717, 1.165) is 39.1 Å². The normalized spacial score (nSPS) is 19.6. The predicted molar refractivity (Wildman–Crippen MR) is 105 cm³/mol. The highest BCUT2D eigenvalue weighted by Crippen LogP contribution is 2.25. The minimum absolute atomic E-state index is 0.232. The second kappa shape index (κ2) is 7.50. The average Bonchev–Trinajstić information content (AvgIpc) is 3.28. The molecule has 0 aliphatic carbocycles. The lowest BCUT2D eigenvalue weighted by Crippen LogP contribution is -2.39. The fourth-order valence-corrected chi connectivity index (χ4v) is 4.17. The first kappa shape index (κ1) is 17.1. The van der Waals surface area contributed by atoms with Crippen molar-refractivity contribution in [1.82, 2.24) is 9.80 Å². The van der Waals surface area contributed by atoms with Gasteiger partial charge in [-0.05, 0) is 35.6 Å². The predicted octanol–water partition coefficient (Wildman–Crippen LogP) is 2.99. The fourth-order valence-electron chi connectivity index (χ4n) is 4.17. The Morgan fingerprint density at radius 1 is 1.04 bits per heavy atom. The van der Waals surface area contributed by atoms with Crippen molar-refractivity contribution in [2.24, 2.45) is 5.92 Å². The van der Waals surface area contributed by atoms with Gasteiger partial charge in [0.25, 0.3) is 0 Å². The van der Waals surface area contributed by atoms with Crippen LogP contribution in [-0.2, 0) is 17.9 Å². The van der Waals surface area contributed by atoms with Crippen molar-refractivity contribution in [2.45, 2.75) is 19.5 Å². The molecule has 1 atom stereocenters. The Labute approximate surface area is 156 Å². The van der Waals surface area contributed by atoms with E-state index in [9.17, 15) is 4.79 Å². The molecule has 4 rings (SSSR count). The fraction of sp³-hybridized carbons (Fsp3) is 0.409. The first-order valence-electron chi connectivity index (χ1n) is 9.52. The van der Waals surface area contributed by atoms with Gasteiger partial charge in [0.05, 0.1) is 6.54 Å². The third kappa shape index (κ3) is 3.75. The molecule has 0 bridgehead atoms. The molecule has 1 saturated heterocycles. The van der Waals surface area contributed by atoms with Gasteiger partial charge in [-0.15, -0.1) is 0 Å². The van der Waals surface area contributed by atoms with Crippen molar-refractivity contribution in [3.05, 3.63) is 65.7 Å². The number of anilines is 1. The van der Waals surface area contributed by atoms with E-state index in [2.05, 4.69) is 64.4 Å². The Kier molecular flexibility index (Phi) is 4.93. The van der Waals surface area contributed by atoms with Crippen LogP contribution in [0.4, 0.5) is 5.69 Å². The molecule has 0 aromatic heterocycles. The molecule has 136 valence electrons. The first-order chi connectivity index (χ1) is 12.7. The maximum atomic E-state index is 12.7. The molecule has 1 amide bonds. The van der Waals surface area contributed by atoms with Gasteiger partial charge < -0.3 is 9.80 Å². The number of carbonyl (C=O) groups is 1. The summed E-state index contributed by atoms with van der Waals surface area (Å²) in [4.78, 5) is 19.3. The van der Waals surface area contributed by atoms with Crippen molar-refractivity contribution in [3.63, 3.8) is 0 Å². The van der Waals surface area contributed by atoms with Crippen molar-refractivity contribution in [1.29, 1.82) is 0 Å². The van der Waals surface area contributed by atoms with Crippen LogP contribution in [0, 0.1) is 5.92 Å². The van der Waals surface area contributed by atoms with Crippen LogP contribution in [0.5, 0.6) is 0 Å². The molecule has 2 aliphatic rings. The van der Waals surface area contributed by atoms with Gasteiger partial charge in [-0.1, -0.05) is 42.5 Å². The number of rotatable bonds is 5. The molecule has 2 heterocycles. The lowest BCUT2D eigenvalue weighted by molar-refractivity contribution is -0.131. The van der Waals surface area contributed by atoms with Crippen LogP contribution in [-0.4, -0.2) is 48.9 Å². The van der Waals surface area contributed by atoms with E-state index in [1.807, 2.05) is 11.9 Å². The van der Waals surface area contributed by atoms with E-state index in [1.54, 1.807) is 0 Å². The van der Waals surface area contributed by atoms with E-state index in [1.165, 1.54) is 16.8 Å². The maximum Gasteiger partial charge on any atom is 0.236 e. The Morgan fingerprint density at radius 2 is 1.69 bits per heavy atom. The number of fused-ring (bicyclic) bond motifs is 1. The van der Waals surface area contributed by atoms with Crippen LogP contribution in [0.2, 0.25) is 0 Å². The average molecular weight is 349 g/mol. The van der Waals surface area contributed by atoms with Crippen LogP contribution >= 0.6 is 0 Å². The SMILES string of the molecule is CN(C[C@H]1CCN(c2ccccc2)C1)C(=O)CN1Cc2ccccc2C1. The molecule has 2 aromatic carbocycles. The summed E-state index contributed by atoms with van der Waals surface area (Å²) in [5, 5.41) is 0. The molecule has 4 heteroatoms. The summed E-state index contributed by atoms with van der Waals surface area (Å²) in [6.07, 6.45) is 1.15. The molecule has 2 aliphatic heterocycles. The highest BCUT2D eigenvalue weighted by molar-refractivity contribution is 5.78. The highest BCUT2D eigenvalue weighted by atomic mass is 16.2.